The van der Waals surface area contributed by atoms with Crippen LogP contribution < -0.4 is 9.62 Å². The number of anilines is 1. The van der Waals surface area contributed by atoms with Crippen molar-refractivity contribution in [3.05, 3.63) is 99.0 Å². The van der Waals surface area contributed by atoms with E-state index in [0.29, 0.717) is 20.4 Å². The lowest BCUT2D eigenvalue weighted by Gasteiger charge is -2.33. The highest BCUT2D eigenvalue weighted by atomic mass is 79.9. The van der Waals surface area contributed by atoms with Gasteiger partial charge in [0.2, 0.25) is 21.8 Å². The standard InChI is InChI=1S/C28H28BrClF3N3O4S/c1-3-34-27(38)25(15-19-8-5-4-6-9-19)35(17-20-10-7-11-22(29)14-20)26(37)18-36(41(2,39)40)24-16-21(28(31,32)33)12-13-23(24)30/h4-14,16,25H,3,15,17-18H2,1-2H3,(H,34,38)/t25-/m0/s1. The molecule has 3 rings (SSSR count). The number of nitrogens with one attached hydrogen (secondary N) is 1. The molecular formula is C28H28BrClF3N3O4S. The summed E-state index contributed by atoms with van der Waals surface area (Å²) in [7, 11) is -4.30. The predicted molar refractivity (Wildman–Crippen MR) is 156 cm³/mol. The number of halogens is 5. The molecular weight excluding hydrogens is 647 g/mol. The molecule has 0 aromatic heterocycles. The second-order valence-corrected chi connectivity index (χ2v) is 12.4. The fourth-order valence-corrected chi connectivity index (χ4v) is 5.72. The van der Waals surface area contributed by atoms with Crippen LogP contribution in [0.3, 0.4) is 0 Å². The molecule has 0 heterocycles. The van der Waals surface area contributed by atoms with Crippen LogP contribution in [0.5, 0.6) is 0 Å². The third kappa shape index (κ3) is 8.95. The Labute approximate surface area is 250 Å². The summed E-state index contributed by atoms with van der Waals surface area (Å²) in [4.78, 5) is 28.5. The summed E-state index contributed by atoms with van der Waals surface area (Å²) in [5.74, 6) is -1.28. The lowest BCUT2D eigenvalue weighted by Crippen LogP contribution is -2.53. The van der Waals surface area contributed by atoms with Crippen molar-refractivity contribution >= 4 is 55.1 Å². The Hall–Kier alpha value is -3.09. The maximum Gasteiger partial charge on any atom is 0.416 e. The van der Waals surface area contributed by atoms with Crippen molar-refractivity contribution in [2.24, 2.45) is 0 Å². The van der Waals surface area contributed by atoms with Gasteiger partial charge in [-0.05, 0) is 48.4 Å². The zero-order valence-electron chi connectivity index (χ0n) is 22.2. The van der Waals surface area contributed by atoms with E-state index in [1.165, 1.54) is 4.90 Å². The van der Waals surface area contributed by atoms with E-state index in [0.717, 1.165) is 24.0 Å². The fraction of sp³-hybridized carbons (Fsp3) is 0.286. The van der Waals surface area contributed by atoms with E-state index >= 15 is 0 Å². The SMILES string of the molecule is CCNC(=O)[C@H](Cc1ccccc1)N(Cc1cccc(Br)c1)C(=O)CN(c1cc(C(F)(F)F)ccc1Cl)S(C)(=O)=O. The van der Waals surface area contributed by atoms with Crippen LogP contribution in [0.1, 0.15) is 23.6 Å². The molecule has 0 radical (unpaired) electrons. The summed E-state index contributed by atoms with van der Waals surface area (Å²) < 4.78 is 67.3. The number of carbonyl (C=O) groups is 2. The van der Waals surface area contributed by atoms with Crippen LogP contribution in [0.2, 0.25) is 5.02 Å². The molecule has 3 aromatic carbocycles. The van der Waals surface area contributed by atoms with Crippen LogP contribution in [-0.4, -0.2) is 50.5 Å². The molecule has 3 aromatic rings. The second kappa shape index (κ2) is 13.7. The zero-order chi connectivity index (χ0) is 30.4. The van der Waals surface area contributed by atoms with Gasteiger partial charge in [-0.3, -0.25) is 13.9 Å². The molecule has 0 saturated carbocycles. The summed E-state index contributed by atoms with van der Waals surface area (Å²) >= 11 is 9.54. The Kier molecular flexibility index (Phi) is 10.8. The molecule has 41 heavy (non-hydrogen) atoms. The third-order valence-electron chi connectivity index (χ3n) is 6.09. The first kappa shape index (κ1) is 32.4. The van der Waals surface area contributed by atoms with Crippen LogP contribution in [-0.2, 0) is 38.8 Å². The van der Waals surface area contributed by atoms with E-state index in [-0.39, 0.29) is 24.5 Å². The molecule has 1 N–H and O–H groups in total. The number of amides is 2. The molecule has 0 spiro atoms. The highest BCUT2D eigenvalue weighted by molar-refractivity contribution is 9.10. The molecule has 0 unspecified atom stereocenters. The number of nitrogens with zero attached hydrogens (tertiary/aromatic N) is 2. The maximum absolute atomic E-state index is 14.0. The zero-order valence-corrected chi connectivity index (χ0v) is 25.3. The quantitative estimate of drug-likeness (QED) is 0.284. The summed E-state index contributed by atoms with van der Waals surface area (Å²) in [5.41, 5.74) is -0.250. The number of rotatable bonds is 11. The molecule has 0 aliphatic carbocycles. The fourth-order valence-electron chi connectivity index (χ4n) is 4.15. The third-order valence-corrected chi connectivity index (χ3v) is 8.02. The molecule has 0 aliphatic rings. The minimum Gasteiger partial charge on any atom is -0.355 e. The van der Waals surface area contributed by atoms with Gasteiger partial charge < -0.3 is 10.2 Å². The molecule has 13 heteroatoms. The van der Waals surface area contributed by atoms with Gasteiger partial charge in [-0.15, -0.1) is 0 Å². The van der Waals surface area contributed by atoms with E-state index < -0.39 is 51.9 Å². The highest BCUT2D eigenvalue weighted by Crippen LogP contribution is 2.36. The van der Waals surface area contributed by atoms with E-state index in [1.807, 2.05) is 0 Å². The molecule has 0 bridgehead atoms. The number of benzene rings is 3. The number of hydrogen-bond acceptors (Lipinski definition) is 4. The Morgan fingerprint density at radius 1 is 1.00 bits per heavy atom. The number of hydrogen-bond donors (Lipinski definition) is 1. The lowest BCUT2D eigenvalue weighted by atomic mass is 10.0. The first-order chi connectivity index (χ1) is 19.2. The summed E-state index contributed by atoms with van der Waals surface area (Å²) in [5, 5.41) is 2.43. The van der Waals surface area contributed by atoms with Gasteiger partial charge in [0, 0.05) is 24.0 Å². The Morgan fingerprint density at radius 2 is 1.66 bits per heavy atom. The molecule has 220 valence electrons. The van der Waals surface area contributed by atoms with E-state index in [2.05, 4.69) is 21.2 Å². The topological polar surface area (TPSA) is 86.8 Å². The van der Waals surface area contributed by atoms with E-state index in [1.54, 1.807) is 61.5 Å². The Bertz CT molecular complexity index is 1490. The summed E-state index contributed by atoms with van der Waals surface area (Å²) in [6, 6.07) is 17.1. The van der Waals surface area contributed by atoms with E-state index in [4.69, 9.17) is 11.6 Å². The van der Waals surface area contributed by atoms with Crippen LogP contribution >= 0.6 is 27.5 Å². The van der Waals surface area contributed by atoms with Crippen LogP contribution in [0.25, 0.3) is 0 Å². The smallest absolute Gasteiger partial charge is 0.355 e. The average molecular weight is 675 g/mol. The van der Waals surface area contributed by atoms with E-state index in [9.17, 15) is 31.2 Å². The van der Waals surface area contributed by atoms with Gasteiger partial charge in [0.15, 0.2) is 0 Å². The predicted octanol–water partition coefficient (Wildman–Crippen LogP) is 5.66. The van der Waals surface area contributed by atoms with Crippen molar-refractivity contribution in [3.8, 4) is 0 Å². The second-order valence-electron chi connectivity index (χ2n) is 9.19. The van der Waals surface area contributed by atoms with Gasteiger partial charge >= 0.3 is 6.18 Å². The molecule has 0 saturated heterocycles. The van der Waals surface area contributed by atoms with Crippen LogP contribution in [0.4, 0.5) is 18.9 Å². The van der Waals surface area contributed by atoms with Gasteiger partial charge in [0.1, 0.15) is 12.6 Å². The molecule has 1 atom stereocenters. The summed E-state index contributed by atoms with van der Waals surface area (Å²) in [6.45, 7) is 1.02. The van der Waals surface area contributed by atoms with Gasteiger partial charge in [0.25, 0.3) is 0 Å². The first-order valence-corrected chi connectivity index (χ1v) is 15.4. The van der Waals surface area contributed by atoms with Gasteiger partial charge in [0.05, 0.1) is 22.5 Å². The molecule has 0 aliphatic heterocycles. The molecule has 0 fully saturated rings. The Morgan fingerprint density at radius 3 is 2.24 bits per heavy atom. The van der Waals surface area contributed by atoms with Crippen molar-refractivity contribution in [3.63, 3.8) is 0 Å². The van der Waals surface area contributed by atoms with Crippen molar-refractivity contribution in [1.29, 1.82) is 0 Å². The number of likely N-dealkylation sites (N-methyl/N-ethyl adjacent to an activating group) is 1. The van der Waals surface area contributed by atoms with Gasteiger partial charge in [-0.2, -0.15) is 13.2 Å². The lowest BCUT2D eigenvalue weighted by molar-refractivity contribution is -0.140. The monoisotopic (exact) mass is 673 g/mol. The Balaban J connectivity index is 2.10. The van der Waals surface area contributed by atoms with Crippen molar-refractivity contribution in [1.82, 2.24) is 10.2 Å². The average Bonchev–Trinajstić information content (AvgIpc) is 2.89. The number of alkyl halides is 3. The minimum absolute atomic E-state index is 0.0825. The van der Waals surface area contributed by atoms with Gasteiger partial charge in [-0.1, -0.05) is 70.0 Å². The van der Waals surface area contributed by atoms with Crippen molar-refractivity contribution < 1.29 is 31.2 Å². The molecule has 7 nitrogen and oxygen atoms in total. The molecule has 2 amide bonds. The van der Waals surface area contributed by atoms with Crippen molar-refractivity contribution in [2.45, 2.75) is 32.1 Å². The summed E-state index contributed by atoms with van der Waals surface area (Å²) in [6.07, 6.45) is -3.91. The maximum atomic E-state index is 14.0. The normalized spacial score (nSPS) is 12.5. The minimum atomic E-state index is -4.78. The van der Waals surface area contributed by atoms with Crippen molar-refractivity contribution in [2.75, 3.05) is 23.7 Å². The largest absolute Gasteiger partial charge is 0.416 e. The van der Waals surface area contributed by atoms with Crippen LogP contribution in [0, 0.1) is 0 Å². The first-order valence-electron chi connectivity index (χ1n) is 12.4. The number of sulfonamides is 1. The number of carbonyl (C=O) groups excluding carboxylic acids is 2. The highest BCUT2D eigenvalue weighted by Gasteiger charge is 2.35. The van der Waals surface area contributed by atoms with Gasteiger partial charge in [-0.25, -0.2) is 8.42 Å². The van der Waals surface area contributed by atoms with Crippen LogP contribution in [0.15, 0.2) is 77.3 Å².